The lowest BCUT2D eigenvalue weighted by atomic mass is 10.1. The van der Waals surface area contributed by atoms with Gasteiger partial charge in [0, 0.05) is 18.7 Å². The summed E-state index contributed by atoms with van der Waals surface area (Å²) < 4.78 is 7.28. The number of carbonyl (C=O) groups excluding carboxylic acids is 1. The lowest BCUT2D eigenvalue weighted by Crippen LogP contribution is -2.35. The highest BCUT2D eigenvalue weighted by Crippen LogP contribution is 2.27. The molecule has 0 unspecified atom stereocenters. The summed E-state index contributed by atoms with van der Waals surface area (Å²) in [5.74, 6) is 1.03. The highest BCUT2D eigenvalue weighted by Gasteiger charge is 2.26. The Morgan fingerprint density at radius 3 is 2.67 bits per heavy atom. The van der Waals surface area contributed by atoms with Gasteiger partial charge in [0.1, 0.15) is 0 Å². The van der Waals surface area contributed by atoms with E-state index in [9.17, 15) is 4.79 Å². The first-order chi connectivity index (χ1) is 11.6. The zero-order valence-corrected chi connectivity index (χ0v) is 14.1. The minimum Gasteiger partial charge on any atom is -0.416 e. The number of fused-ring (bicyclic) bond motifs is 1. The molecule has 0 bridgehead atoms. The molecule has 1 saturated heterocycles. The maximum absolute atomic E-state index is 12.6. The summed E-state index contributed by atoms with van der Waals surface area (Å²) in [6.07, 6.45) is 3.25. The molecule has 24 heavy (non-hydrogen) atoms. The van der Waals surface area contributed by atoms with E-state index in [-0.39, 0.29) is 5.91 Å². The van der Waals surface area contributed by atoms with E-state index < -0.39 is 0 Å². The zero-order valence-electron chi connectivity index (χ0n) is 13.3. The Kier molecular flexibility index (Phi) is 3.76. The fourth-order valence-electron chi connectivity index (χ4n) is 3.04. The third kappa shape index (κ3) is 2.47. The van der Waals surface area contributed by atoms with Gasteiger partial charge in [-0.05, 0) is 38.3 Å². The smallest absolute Gasteiger partial charge is 0.325 e. The molecule has 6 nitrogen and oxygen atoms in total. The second-order valence-corrected chi connectivity index (χ2v) is 6.39. The van der Waals surface area contributed by atoms with Crippen molar-refractivity contribution in [2.75, 3.05) is 13.1 Å². The molecule has 0 atom stereocenters. The fourth-order valence-corrected chi connectivity index (χ4v) is 3.26. The fraction of sp³-hybridized carbons (Fsp3) is 0.353. The molecule has 1 aliphatic heterocycles. The molecule has 124 valence electrons. The lowest BCUT2D eigenvalue weighted by molar-refractivity contribution is 0.0693. The molecular formula is C17H17ClN4O2. The SMILES string of the molecule is Cc1c(C(=O)N2CCCCC2)oc2nc(-c3ccccc3Cl)nn12. The minimum atomic E-state index is -0.0845. The van der Waals surface area contributed by atoms with E-state index in [0.29, 0.717) is 28.1 Å². The second-order valence-electron chi connectivity index (χ2n) is 5.98. The first-order valence-corrected chi connectivity index (χ1v) is 8.43. The normalized spacial score (nSPS) is 15.2. The van der Waals surface area contributed by atoms with Gasteiger partial charge in [0.25, 0.3) is 5.91 Å². The summed E-state index contributed by atoms with van der Waals surface area (Å²) in [6.45, 7) is 3.37. The molecule has 1 aliphatic rings. The Balaban J connectivity index is 1.71. The summed E-state index contributed by atoms with van der Waals surface area (Å²) in [7, 11) is 0. The minimum absolute atomic E-state index is 0.0845. The Bertz CT molecular complexity index is 909. The number of oxazole rings is 1. The van der Waals surface area contributed by atoms with Gasteiger partial charge < -0.3 is 9.32 Å². The third-order valence-electron chi connectivity index (χ3n) is 4.37. The van der Waals surface area contributed by atoms with Gasteiger partial charge in [-0.3, -0.25) is 4.79 Å². The topological polar surface area (TPSA) is 63.6 Å². The van der Waals surface area contributed by atoms with Gasteiger partial charge in [0.05, 0.1) is 10.7 Å². The number of piperidine rings is 1. The Hall–Kier alpha value is -2.34. The quantitative estimate of drug-likeness (QED) is 0.712. The molecule has 3 aromatic rings. The van der Waals surface area contributed by atoms with Crippen LogP contribution in [0.25, 0.3) is 17.2 Å². The predicted octanol–water partition coefficient (Wildman–Crippen LogP) is 3.58. The highest BCUT2D eigenvalue weighted by molar-refractivity contribution is 6.33. The van der Waals surface area contributed by atoms with Gasteiger partial charge >= 0.3 is 5.84 Å². The van der Waals surface area contributed by atoms with Gasteiger partial charge in [0.2, 0.25) is 5.76 Å². The van der Waals surface area contributed by atoms with Gasteiger partial charge in [-0.25, -0.2) is 0 Å². The van der Waals surface area contributed by atoms with E-state index in [1.165, 1.54) is 6.42 Å². The van der Waals surface area contributed by atoms with Crippen molar-refractivity contribution in [2.45, 2.75) is 26.2 Å². The van der Waals surface area contributed by atoms with Crippen LogP contribution >= 0.6 is 11.6 Å². The molecule has 0 saturated carbocycles. The van der Waals surface area contributed by atoms with Crippen LogP contribution in [0.1, 0.15) is 35.5 Å². The summed E-state index contributed by atoms with van der Waals surface area (Å²) >= 11 is 6.20. The van der Waals surface area contributed by atoms with Crippen LogP contribution in [0, 0.1) is 6.92 Å². The van der Waals surface area contributed by atoms with Gasteiger partial charge in [-0.2, -0.15) is 9.50 Å². The van der Waals surface area contributed by atoms with E-state index in [1.54, 1.807) is 10.6 Å². The number of rotatable bonds is 2. The van der Waals surface area contributed by atoms with Crippen LogP contribution in [0.5, 0.6) is 0 Å². The number of benzene rings is 1. The Labute approximate surface area is 144 Å². The standard InChI is InChI=1S/C17H17ClN4O2/c1-11-14(16(23)21-9-5-2-6-10-21)24-17-19-15(20-22(11)17)12-7-3-4-8-13(12)18/h3-4,7-8H,2,5-6,9-10H2,1H3. The summed E-state index contributed by atoms with van der Waals surface area (Å²) in [4.78, 5) is 18.9. The average Bonchev–Trinajstić information content (AvgIpc) is 3.15. The summed E-state index contributed by atoms with van der Waals surface area (Å²) in [5, 5.41) is 5.03. The van der Waals surface area contributed by atoms with Crippen molar-refractivity contribution in [1.82, 2.24) is 19.5 Å². The summed E-state index contributed by atoms with van der Waals surface area (Å²) in [5.41, 5.74) is 1.40. The lowest BCUT2D eigenvalue weighted by Gasteiger charge is -2.25. The number of carbonyl (C=O) groups is 1. The number of aromatic nitrogens is 3. The second kappa shape index (κ2) is 5.94. The maximum Gasteiger partial charge on any atom is 0.325 e. The van der Waals surface area contributed by atoms with Crippen molar-refractivity contribution in [3.05, 3.63) is 40.7 Å². The largest absolute Gasteiger partial charge is 0.416 e. The van der Waals surface area contributed by atoms with Gasteiger partial charge in [-0.1, -0.05) is 23.7 Å². The number of hydrogen-bond acceptors (Lipinski definition) is 4. The van der Waals surface area contributed by atoms with Crippen molar-refractivity contribution in [1.29, 1.82) is 0 Å². The molecule has 0 radical (unpaired) electrons. The molecule has 0 aliphatic carbocycles. The van der Waals surface area contributed by atoms with Gasteiger partial charge in [-0.15, -0.1) is 5.10 Å². The van der Waals surface area contributed by atoms with E-state index in [2.05, 4.69) is 10.1 Å². The molecular weight excluding hydrogens is 328 g/mol. The van der Waals surface area contributed by atoms with Crippen molar-refractivity contribution in [2.24, 2.45) is 0 Å². The third-order valence-corrected chi connectivity index (χ3v) is 4.70. The Morgan fingerprint density at radius 2 is 1.96 bits per heavy atom. The number of amides is 1. The van der Waals surface area contributed by atoms with Crippen molar-refractivity contribution >= 4 is 23.4 Å². The van der Waals surface area contributed by atoms with Crippen LogP contribution in [-0.2, 0) is 0 Å². The van der Waals surface area contributed by atoms with Gasteiger partial charge in [0.15, 0.2) is 5.82 Å². The van der Waals surface area contributed by atoms with Crippen LogP contribution in [-0.4, -0.2) is 38.5 Å². The number of hydrogen-bond donors (Lipinski definition) is 0. The molecule has 2 aromatic heterocycles. The van der Waals surface area contributed by atoms with Crippen molar-refractivity contribution in [3.63, 3.8) is 0 Å². The molecule has 0 spiro atoms. The molecule has 3 heterocycles. The zero-order chi connectivity index (χ0) is 16.7. The van der Waals surface area contributed by atoms with E-state index >= 15 is 0 Å². The molecule has 7 heteroatoms. The monoisotopic (exact) mass is 344 g/mol. The molecule has 1 fully saturated rings. The highest BCUT2D eigenvalue weighted by atomic mass is 35.5. The number of likely N-dealkylation sites (tertiary alicyclic amines) is 1. The van der Waals surface area contributed by atoms with Crippen LogP contribution in [0.4, 0.5) is 0 Å². The summed E-state index contributed by atoms with van der Waals surface area (Å²) in [6, 6.07) is 7.37. The molecule has 0 N–H and O–H groups in total. The number of aryl methyl sites for hydroxylation is 1. The first kappa shape index (κ1) is 15.2. The molecule has 4 rings (SSSR count). The van der Waals surface area contributed by atoms with Crippen molar-refractivity contribution < 1.29 is 9.21 Å². The predicted molar refractivity (Wildman–Crippen MR) is 90.2 cm³/mol. The van der Waals surface area contributed by atoms with Crippen LogP contribution in [0.15, 0.2) is 28.7 Å². The first-order valence-electron chi connectivity index (χ1n) is 8.05. The van der Waals surface area contributed by atoms with E-state index in [0.717, 1.165) is 31.5 Å². The van der Waals surface area contributed by atoms with Crippen molar-refractivity contribution in [3.8, 4) is 11.4 Å². The molecule has 1 aromatic carbocycles. The van der Waals surface area contributed by atoms with Crippen LogP contribution < -0.4 is 0 Å². The number of nitrogens with zero attached hydrogens (tertiary/aromatic N) is 4. The van der Waals surface area contributed by atoms with E-state index in [1.807, 2.05) is 30.0 Å². The average molecular weight is 345 g/mol. The maximum atomic E-state index is 12.6. The molecule has 1 amide bonds. The Morgan fingerprint density at radius 1 is 1.21 bits per heavy atom. The number of halogens is 1. The van der Waals surface area contributed by atoms with Crippen LogP contribution in [0.3, 0.4) is 0 Å². The van der Waals surface area contributed by atoms with E-state index in [4.69, 9.17) is 16.0 Å². The van der Waals surface area contributed by atoms with Crippen LogP contribution in [0.2, 0.25) is 5.02 Å².